The number of aromatic nitrogens is 1. The number of oxazole rings is 1. The van der Waals surface area contributed by atoms with Crippen molar-refractivity contribution in [3.63, 3.8) is 0 Å². The van der Waals surface area contributed by atoms with Crippen LogP contribution in [0.25, 0.3) is 0 Å². The summed E-state index contributed by atoms with van der Waals surface area (Å²) in [6.07, 6.45) is 0. The van der Waals surface area contributed by atoms with E-state index < -0.39 is 0 Å². The number of nitrogens with zero attached hydrogens (tertiary/aromatic N) is 1. The average molecular weight is 291 g/mol. The molecule has 0 unspecified atom stereocenters. The van der Waals surface area contributed by atoms with Gasteiger partial charge in [0.25, 0.3) is 5.22 Å². The number of aryl methyl sites for hydroxylation is 2. The molecule has 2 rings (SSSR count). The molecule has 0 bridgehead atoms. The Balaban J connectivity index is 2.09. The van der Waals surface area contributed by atoms with E-state index in [0.717, 1.165) is 17.0 Å². The summed E-state index contributed by atoms with van der Waals surface area (Å²) in [6.45, 7) is 3.48. The van der Waals surface area contributed by atoms with Gasteiger partial charge in [0.1, 0.15) is 18.2 Å². The normalized spacial score (nSPS) is 10.2. The molecule has 5 heteroatoms. The minimum absolute atomic E-state index is 0.284. The Hall–Kier alpha value is -1.77. The molecule has 0 aliphatic carbocycles. The molecule has 0 aliphatic rings. The van der Waals surface area contributed by atoms with E-state index in [-0.39, 0.29) is 18.0 Å². The van der Waals surface area contributed by atoms with Gasteiger partial charge in [0.15, 0.2) is 0 Å². The Bertz CT molecular complexity index is 651. The molecule has 1 aromatic heterocycles. The van der Waals surface area contributed by atoms with Crippen molar-refractivity contribution in [3.05, 3.63) is 46.6 Å². The monoisotopic (exact) mass is 291 g/mol. The largest absolute Gasteiger partial charge is 0.437 e. The summed E-state index contributed by atoms with van der Waals surface area (Å²) in [6, 6.07) is 4.76. The lowest BCUT2D eigenvalue weighted by Crippen LogP contribution is -1.88. The van der Waals surface area contributed by atoms with Crippen LogP contribution in [0.5, 0.6) is 0 Å². The second-order valence-corrected chi connectivity index (χ2v) is 5.11. The van der Waals surface area contributed by atoms with E-state index >= 15 is 0 Å². The van der Waals surface area contributed by atoms with Gasteiger partial charge in [-0.2, -0.15) is 0 Å². The molecular weight excluding hydrogens is 277 g/mol. The van der Waals surface area contributed by atoms with Crippen molar-refractivity contribution in [1.29, 1.82) is 0 Å². The van der Waals surface area contributed by atoms with Gasteiger partial charge in [-0.05, 0) is 31.5 Å². The van der Waals surface area contributed by atoms with Crippen LogP contribution in [0.15, 0.2) is 27.8 Å². The van der Waals surface area contributed by atoms with E-state index in [9.17, 15) is 4.39 Å². The van der Waals surface area contributed by atoms with Gasteiger partial charge in [-0.3, -0.25) is 0 Å². The van der Waals surface area contributed by atoms with Gasteiger partial charge in [0.2, 0.25) is 0 Å². The Labute approximate surface area is 121 Å². The van der Waals surface area contributed by atoms with E-state index in [1.807, 2.05) is 13.8 Å². The molecule has 0 saturated carbocycles. The lowest BCUT2D eigenvalue weighted by Gasteiger charge is -2.01. The Morgan fingerprint density at radius 1 is 1.40 bits per heavy atom. The van der Waals surface area contributed by atoms with Crippen LogP contribution >= 0.6 is 11.8 Å². The van der Waals surface area contributed by atoms with Crippen molar-refractivity contribution < 1.29 is 13.9 Å². The van der Waals surface area contributed by atoms with Crippen molar-refractivity contribution in [3.8, 4) is 11.8 Å². The van der Waals surface area contributed by atoms with Crippen molar-refractivity contribution in [2.75, 3.05) is 6.61 Å². The second-order valence-electron chi connectivity index (χ2n) is 4.18. The molecule has 0 saturated heterocycles. The Morgan fingerprint density at radius 2 is 2.20 bits per heavy atom. The van der Waals surface area contributed by atoms with Gasteiger partial charge in [0, 0.05) is 5.75 Å². The number of hydrogen-bond donors (Lipinski definition) is 1. The highest BCUT2D eigenvalue weighted by atomic mass is 32.2. The van der Waals surface area contributed by atoms with Gasteiger partial charge in [0.05, 0.1) is 11.3 Å². The number of aliphatic hydroxyl groups is 1. The smallest absolute Gasteiger partial charge is 0.256 e. The summed E-state index contributed by atoms with van der Waals surface area (Å²) in [5.41, 5.74) is 2.09. The lowest BCUT2D eigenvalue weighted by molar-refractivity contribution is 0.350. The zero-order valence-corrected chi connectivity index (χ0v) is 12.1. The predicted octanol–water partition coefficient (Wildman–Crippen LogP) is 3.07. The topological polar surface area (TPSA) is 46.3 Å². The van der Waals surface area contributed by atoms with Crippen LogP contribution < -0.4 is 0 Å². The summed E-state index contributed by atoms with van der Waals surface area (Å²) in [5, 5.41) is 9.25. The standard InChI is InChI=1S/C15H14FNO2S/c1-10-11(2)19-15(17-10)20-9-12-5-6-14(16)13(8-12)4-3-7-18/h5-6,8,18H,7,9H2,1-2H3. The number of aliphatic hydroxyl groups excluding tert-OH is 1. The van der Waals surface area contributed by atoms with E-state index in [1.54, 1.807) is 12.1 Å². The molecule has 0 spiro atoms. The van der Waals surface area contributed by atoms with Gasteiger partial charge >= 0.3 is 0 Å². The van der Waals surface area contributed by atoms with Crippen LogP contribution in [0.1, 0.15) is 22.6 Å². The van der Waals surface area contributed by atoms with Gasteiger partial charge < -0.3 is 9.52 Å². The zero-order valence-electron chi connectivity index (χ0n) is 11.2. The van der Waals surface area contributed by atoms with Crippen LogP contribution in [0.3, 0.4) is 0 Å². The fourth-order valence-corrected chi connectivity index (χ4v) is 2.40. The molecule has 3 nitrogen and oxygen atoms in total. The number of benzene rings is 1. The van der Waals surface area contributed by atoms with Gasteiger partial charge in [-0.25, -0.2) is 9.37 Å². The summed E-state index contributed by atoms with van der Waals surface area (Å²) >= 11 is 1.45. The fraction of sp³-hybridized carbons (Fsp3) is 0.267. The Morgan fingerprint density at radius 3 is 2.85 bits per heavy atom. The molecule has 20 heavy (non-hydrogen) atoms. The van der Waals surface area contributed by atoms with E-state index in [4.69, 9.17) is 9.52 Å². The molecule has 2 aromatic rings. The number of halogens is 1. The van der Waals surface area contributed by atoms with Crippen LogP contribution in [0.2, 0.25) is 0 Å². The molecule has 0 atom stereocenters. The molecule has 0 radical (unpaired) electrons. The first kappa shape index (κ1) is 14.6. The van der Waals surface area contributed by atoms with Crippen molar-refractivity contribution in [1.82, 2.24) is 4.98 Å². The SMILES string of the molecule is Cc1nc(SCc2ccc(F)c(C#CCO)c2)oc1C. The van der Waals surface area contributed by atoms with Gasteiger partial charge in [-0.1, -0.05) is 29.7 Å². The van der Waals surface area contributed by atoms with Crippen LogP contribution in [-0.2, 0) is 5.75 Å². The summed E-state index contributed by atoms with van der Waals surface area (Å²) in [7, 11) is 0. The van der Waals surface area contributed by atoms with Gasteiger partial charge in [-0.15, -0.1) is 0 Å². The Kier molecular flexibility index (Phi) is 4.83. The van der Waals surface area contributed by atoms with E-state index in [1.165, 1.54) is 17.8 Å². The maximum absolute atomic E-state index is 13.5. The summed E-state index contributed by atoms with van der Waals surface area (Å²) in [4.78, 5) is 4.28. The first-order valence-electron chi connectivity index (χ1n) is 6.05. The maximum atomic E-state index is 13.5. The minimum Gasteiger partial charge on any atom is -0.437 e. The third-order valence-electron chi connectivity index (χ3n) is 2.70. The molecule has 0 fully saturated rings. The molecule has 1 aromatic carbocycles. The highest BCUT2D eigenvalue weighted by Gasteiger charge is 2.07. The highest BCUT2D eigenvalue weighted by molar-refractivity contribution is 7.98. The van der Waals surface area contributed by atoms with Crippen molar-refractivity contribution in [2.45, 2.75) is 24.8 Å². The minimum atomic E-state index is -0.387. The molecule has 0 aliphatic heterocycles. The quantitative estimate of drug-likeness (QED) is 0.697. The van der Waals surface area contributed by atoms with Crippen LogP contribution in [0, 0.1) is 31.5 Å². The molecular formula is C15H14FNO2S. The summed E-state index contributed by atoms with van der Waals surface area (Å²) < 4.78 is 19.0. The van der Waals surface area contributed by atoms with Crippen LogP contribution in [0.4, 0.5) is 4.39 Å². The zero-order chi connectivity index (χ0) is 14.5. The third kappa shape index (κ3) is 3.62. The highest BCUT2D eigenvalue weighted by Crippen LogP contribution is 2.24. The molecule has 1 heterocycles. The molecule has 1 N–H and O–H groups in total. The summed E-state index contributed by atoms with van der Waals surface area (Å²) in [5.74, 6) is 6.07. The molecule has 0 amide bonds. The van der Waals surface area contributed by atoms with E-state index in [0.29, 0.717) is 11.0 Å². The molecule has 104 valence electrons. The maximum Gasteiger partial charge on any atom is 0.256 e. The average Bonchev–Trinajstić information content (AvgIpc) is 2.75. The predicted molar refractivity (Wildman–Crippen MR) is 75.9 cm³/mol. The second kappa shape index (κ2) is 6.60. The van der Waals surface area contributed by atoms with Crippen molar-refractivity contribution in [2.24, 2.45) is 0 Å². The lowest BCUT2D eigenvalue weighted by atomic mass is 10.1. The van der Waals surface area contributed by atoms with E-state index in [2.05, 4.69) is 16.8 Å². The van der Waals surface area contributed by atoms with Crippen molar-refractivity contribution >= 4 is 11.8 Å². The number of thioether (sulfide) groups is 1. The first-order chi connectivity index (χ1) is 9.60. The van der Waals surface area contributed by atoms with Crippen LogP contribution in [-0.4, -0.2) is 16.7 Å². The first-order valence-corrected chi connectivity index (χ1v) is 7.03. The fourth-order valence-electron chi connectivity index (χ4n) is 1.54. The third-order valence-corrected chi connectivity index (χ3v) is 3.60. The number of rotatable bonds is 3. The number of hydrogen-bond acceptors (Lipinski definition) is 4.